The van der Waals surface area contributed by atoms with Gasteiger partial charge in [-0.2, -0.15) is 0 Å². The Hall–Kier alpha value is -1.68. The third-order valence-electron chi connectivity index (χ3n) is 5.02. The maximum Gasteiger partial charge on any atom is 0.139 e. The molecule has 0 amide bonds. The fourth-order valence-corrected chi connectivity index (χ4v) is 3.76. The van der Waals surface area contributed by atoms with Crippen LogP contribution < -0.4 is 0 Å². The van der Waals surface area contributed by atoms with Crippen LogP contribution in [0.2, 0.25) is 0 Å². The number of aryl methyl sites for hydroxylation is 1. The van der Waals surface area contributed by atoms with E-state index < -0.39 is 0 Å². The van der Waals surface area contributed by atoms with E-state index in [0.29, 0.717) is 11.3 Å². The molecule has 0 N–H and O–H groups in total. The van der Waals surface area contributed by atoms with Gasteiger partial charge in [0.1, 0.15) is 11.6 Å². The summed E-state index contributed by atoms with van der Waals surface area (Å²) in [5, 5.41) is 9.01. The lowest BCUT2D eigenvalue weighted by Gasteiger charge is -2.32. The third-order valence-corrected chi connectivity index (χ3v) is 5.02. The molecule has 1 aromatic carbocycles. The standard InChI is InChI=1S/C18H23N3O/c1-18(2)10-8-15-19-20-17(21(15)12-18)14-9-11-22-16(14)13-6-4-3-5-7-13/h3-7,14,16H,8-12H2,1-2H3/t14-,16+/m0/s1. The minimum Gasteiger partial charge on any atom is -0.373 e. The average Bonchev–Trinajstić information content (AvgIpc) is 3.13. The molecule has 4 rings (SSSR count). The summed E-state index contributed by atoms with van der Waals surface area (Å²) in [5.74, 6) is 2.58. The first-order chi connectivity index (χ1) is 10.6. The summed E-state index contributed by atoms with van der Waals surface area (Å²) in [6, 6.07) is 10.5. The van der Waals surface area contributed by atoms with Crippen molar-refractivity contribution in [3.05, 3.63) is 47.5 Å². The van der Waals surface area contributed by atoms with Crippen LogP contribution in [0.5, 0.6) is 0 Å². The second kappa shape index (κ2) is 5.20. The van der Waals surface area contributed by atoms with Gasteiger partial charge < -0.3 is 9.30 Å². The topological polar surface area (TPSA) is 39.9 Å². The summed E-state index contributed by atoms with van der Waals surface area (Å²) in [6.07, 6.45) is 3.36. The van der Waals surface area contributed by atoms with Gasteiger partial charge in [-0.15, -0.1) is 10.2 Å². The van der Waals surface area contributed by atoms with Crippen molar-refractivity contribution in [1.29, 1.82) is 0 Å². The van der Waals surface area contributed by atoms with E-state index in [1.807, 2.05) is 0 Å². The van der Waals surface area contributed by atoms with Gasteiger partial charge in [0.05, 0.1) is 12.0 Å². The van der Waals surface area contributed by atoms with Crippen LogP contribution in [-0.2, 0) is 17.7 Å². The van der Waals surface area contributed by atoms with Gasteiger partial charge in [-0.3, -0.25) is 0 Å². The lowest BCUT2D eigenvalue weighted by Crippen LogP contribution is -2.29. The molecule has 0 radical (unpaired) electrons. The molecule has 22 heavy (non-hydrogen) atoms. The van der Waals surface area contributed by atoms with E-state index in [1.165, 1.54) is 12.0 Å². The lowest BCUT2D eigenvalue weighted by molar-refractivity contribution is 0.101. The summed E-state index contributed by atoms with van der Waals surface area (Å²) in [7, 11) is 0. The molecule has 2 atom stereocenters. The van der Waals surface area contributed by atoms with Gasteiger partial charge in [0.15, 0.2) is 0 Å². The molecule has 116 valence electrons. The number of nitrogens with zero attached hydrogens (tertiary/aromatic N) is 3. The summed E-state index contributed by atoms with van der Waals surface area (Å²) in [6.45, 7) is 6.48. The fourth-order valence-electron chi connectivity index (χ4n) is 3.76. The first kappa shape index (κ1) is 13.9. The van der Waals surface area contributed by atoms with E-state index in [2.05, 4.69) is 58.9 Å². The Morgan fingerprint density at radius 2 is 2.00 bits per heavy atom. The largest absolute Gasteiger partial charge is 0.373 e. The van der Waals surface area contributed by atoms with Crippen LogP contribution in [0.4, 0.5) is 0 Å². The van der Waals surface area contributed by atoms with Crippen LogP contribution in [0.1, 0.15) is 55.9 Å². The molecule has 0 aliphatic carbocycles. The molecule has 1 fully saturated rings. The molecule has 1 aromatic heterocycles. The number of hydrogen-bond acceptors (Lipinski definition) is 3. The number of ether oxygens (including phenoxy) is 1. The van der Waals surface area contributed by atoms with Gasteiger partial charge in [0.25, 0.3) is 0 Å². The van der Waals surface area contributed by atoms with Crippen molar-refractivity contribution in [3.63, 3.8) is 0 Å². The molecule has 1 saturated heterocycles. The van der Waals surface area contributed by atoms with E-state index in [9.17, 15) is 0 Å². The van der Waals surface area contributed by atoms with Crippen LogP contribution in [0.3, 0.4) is 0 Å². The summed E-state index contributed by atoms with van der Waals surface area (Å²) >= 11 is 0. The van der Waals surface area contributed by atoms with Crippen LogP contribution in [0.15, 0.2) is 30.3 Å². The summed E-state index contributed by atoms with van der Waals surface area (Å²) in [4.78, 5) is 0. The van der Waals surface area contributed by atoms with Gasteiger partial charge in [0, 0.05) is 19.6 Å². The van der Waals surface area contributed by atoms with E-state index in [4.69, 9.17) is 4.74 Å². The van der Waals surface area contributed by atoms with Crippen molar-refractivity contribution in [2.24, 2.45) is 5.41 Å². The molecule has 2 aromatic rings. The fraction of sp³-hybridized carbons (Fsp3) is 0.556. The Balaban J connectivity index is 1.69. The van der Waals surface area contributed by atoms with Crippen LogP contribution >= 0.6 is 0 Å². The van der Waals surface area contributed by atoms with Crippen molar-refractivity contribution in [1.82, 2.24) is 14.8 Å². The summed E-state index contributed by atoms with van der Waals surface area (Å²) in [5.41, 5.74) is 1.57. The first-order valence-electron chi connectivity index (χ1n) is 8.23. The normalized spacial score (nSPS) is 26.8. The Morgan fingerprint density at radius 1 is 1.18 bits per heavy atom. The lowest BCUT2D eigenvalue weighted by atomic mass is 9.84. The van der Waals surface area contributed by atoms with E-state index in [-0.39, 0.29) is 6.10 Å². The highest BCUT2D eigenvalue weighted by atomic mass is 16.5. The second-order valence-electron chi connectivity index (χ2n) is 7.32. The van der Waals surface area contributed by atoms with Crippen LogP contribution in [0.25, 0.3) is 0 Å². The molecule has 2 aliphatic heterocycles. The molecule has 0 spiro atoms. The second-order valence-corrected chi connectivity index (χ2v) is 7.32. The number of benzene rings is 1. The Morgan fingerprint density at radius 3 is 2.82 bits per heavy atom. The van der Waals surface area contributed by atoms with E-state index in [1.54, 1.807) is 0 Å². The molecule has 4 nitrogen and oxygen atoms in total. The Kier molecular flexibility index (Phi) is 3.30. The molecule has 0 bridgehead atoms. The van der Waals surface area contributed by atoms with Crippen molar-refractivity contribution in [2.75, 3.05) is 6.61 Å². The van der Waals surface area contributed by atoms with Gasteiger partial charge in [-0.1, -0.05) is 44.2 Å². The van der Waals surface area contributed by atoms with Gasteiger partial charge >= 0.3 is 0 Å². The quantitative estimate of drug-likeness (QED) is 0.852. The molecule has 0 unspecified atom stereocenters. The Bertz CT molecular complexity index is 662. The highest BCUT2D eigenvalue weighted by Gasteiger charge is 2.37. The molecule has 3 heterocycles. The summed E-state index contributed by atoms with van der Waals surface area (Å²) < 4.78 is 8.40. The van der Waals surface area contributed by atoms with Gasteiger partial charge in [-0.25, -0.2) is 0 Å². The smallest absolute Gasteiger partial charge is 0.139 e. The van der Waals surface area contributed by atoms with Gasteiger partial charge in [0.2, 0.25) is 0 Å². The maximum absolute atomic E-state index is 6.04. The average molecular weight is 297 g/mol. The minimum atomic E-state index is 0.111. The van der Waals surface area contributed by atoms with Crippen molar-refractivity contribution in [3.8, 4) is 0 Å². The zero-order chi connectivity index (χ0) is 15.2. The monoisotopic (exact) mass is 297 g/mol. The SMILES string of the molecule is CC1(C)CCc2nnc([C@H]3CCO[C@@H]3c3ccccc3)n2C1. The van der Waals surface area contributed by atoms with Gasteiger partial charge in [-0.05, 0) is 23.8 Å². The first-order valence-corrected chi connectivity index (χ1v) is 8.23. The predicted octanol–water partition coefficient (Wildman–Crippen LogP) is 3.50. The molecular formula is C18H23N3O. The number of rotatable bonds is 2. The molecule has 4 heteroatoms. The third kappa shape index (κ3) is 2.35. The zero-order valence-electron chi connectivity index (χ0n) is 13.3. The van der Waals surface area contributed by atoms with Crippen LogP contribution in [-0.4, -0.2) is 21.4 Å². The van der Waals surface area contributed by atoms with Crippen molar-refractivity contribution < 1.29 is 4.74 Å². The van der Waals surface area contributed by atoms with Crippen molar-refractivity contribution >= 4 is 0 Å². The number of aromatic nitrogens is 3. The Labute approximate surface area is 131 Å². The van der Waals surface area contributed by atoms with E-state index in [0.717, 1.165) is 37.6 Å². The highest BCUT2D eigenvalue weighted by molar-refractivity contribution is 5.23. The van der Waals surface area contributed by atoms with Crippen LogP contribution in [0, 0.1) is 5.41 Å². The number of hydrogen-bond donors (Lipinski definition) is 0. The highest BCUT2D eigenvalue weighted by Crippen LogP contribution is 2.42. The predicted molar refractivity (Wildman–Crippen MR) is 84.6 cm³/mol. The molecule has 2 aliphatic rings. The zero-order valence-corrected chi connectivity index (χ0v) is 13.3. The minimum absolute atomic E-state index is 0.111. The molecule has 0 saturated carbocycles. The van der Waals surface area contributed by atoms with Crippen molar-refractivity contribution in [2.45, 2.75) is 51.7 Å². The molecular weight excluding hydrogens is 274 g/mol. The maximum atomic E-state index is 6.04. The number of fused-ring (bicyclic) bond motifs is 1. The van der Waals surface area contributed by atoms with E-state index >= 15 is 0 Å².